The topological polar surface area (TPSA) is 31.4 Å². The Hall–Kier alpha value is -1.55. The molecule has 94 valence electrons. The van der Waals surface area contributed by atoms with Gasteiger partial charge in [0.2, 0.25) is 5.88 Å². The maximum atomic E-state index is 5.53. The van der Waals surface area contributed by atoms with Crippen molar-refractivity contribution in [2.75, 3.05) is 13.2 Å². The molecule has 1 heterocycles. The second-order valence-electron chi connectivity index (χ2n) is 3.81. The molecule has 0 fully saturated rings. The SMILES string of the molecule is Cc1cnc(OCCOc2ccccc2)c(Br)c1. The average Bonchev–Trinajstić information content (AvgIpc) is 2.38. The fourth-order valence-electron chi connectivity index (χ4n) is 1.44. The Morgan fingerprint density at radius 1 is 1.11 bits per heavy atom. The Labute approximate surface area is 115 Å². The van der Waals surface area contributed by atoms with Crippen LogP contribution in [0.1, 0.15) is 5.56 Å². The molecule has 1 aromatic heterocycles. The minimum atomic E-state index is 0.462. The molecule has 0 radical (unpaired) electrons. The van der Waals surface area contributed by atoms with E-state index in [-0.39, 0.29) is 0 Å². The molecule has 0 bridgehead atoms. The average molecular weight is 308 g/mol. The van der Waals surface area contributed by atoms with Gasteiger partial charge in [0.15, 0.2) is 0 Å². The van der Waals surface area contributed by atoms with E-state index in [1.807, 2.05) is 43.3 Å². The van der Waals surface area contributed by atoms with Crippen molar-refractivity contribution in [1.82, 2.24) is 4.98 Å². The molecule has 3 nitrogen and oxygen atoms in total. The highest BCUT2D eigenvalue weighted by molar-refractivity contribution is 9.10. The number of ether oxygens (including phenoxy) is 2. The second-order valence-corrected chi connectivity index (χ2v) is 4.66. The number of hydrogen-bond acceptors (Lipinski definition) is 3. The molecule has 0 atom stereocenters. The Morgan fingerprint density at radius 3 is 2.56 bits per heavy atom. The van der Waals surface area contributed by atoms with Crippen LogP contribution in [0.2, 0.25) is 0 Å². The number of nitrogens with zero attached hydrogens (tertiary/aromatic N) is 1. The van der Waals surface area contributed by atoms with Crippen LogP contribution >= 0.6 is 15.9 Å². The number of halogens is 1. The van der Waals surface area contributed by atoms with E-state index in [1.54, 1.807) is 6.20 Å². The minimum Gasteiger partial charge on any atom is -0.490 e. The lowest BCUT2D eigenvalue weighted by Gasteiger charge is -2.09. The smallest absolute Gasteiger partial charge is 0.228 e. The summed E-state index contributed by atoms with van der Waals surface area (Å²) < 4.78 is 11.9. The largest absolute Gasteiger partial charge is 0.490 e. The fourth-order valence-corrected chi connectivity index (χ4v) is 2.02. The Bertz CT molecular complexity index is 502. The summed E-state index contributed by atoms with van der Waals surface area (Å²) in [6.45, 7) is 2.94. The molecular weight excluding hydrogens is 294 g/mol. The van der Waals surface area contributed by atoms with E-state index >= 15 is 0 Å². The van der Waals surface area contributed by atoms with Crippen molar-refractivity contribution in [3.63, 3.8) is 0 Å². The summed E-state index contributed by atoms with van der Waals surface area (Å²) in [5, 5.41) is 0. The number of aromatic nitrogens is 1. The van der Waals surface area contributed by atoms with Crippen LogP contribution in [0.4, 0.5) is 0 Å². The van der Waals surface area contributed by atoms with Crippen molar-refractivity contribution in [1.29, 1.82) is 0 Å². The third kappa shape index (κ3) is 3.74. The predicted octanol–water partition coefficient (Wildman–Crippen LogP) is 3.61. The molecule has 0 N–H and O–H groups in total. The normalized spacial score (nSPS) is 10.1. The van der Waals surface area contributed by atoms with Crippen molar-refractivity contribution in [2.45, 2.75) is 6.92 Å². The zero-order chi connectivity index (χ0) is 12.8. The lowest BCUT2D eigenvalue weighted by atomic mass is 10.3. The van der Waals surface area contributed by atoms with Crippen molar-refractivity contribution < 1.29 is 9.47 Å². The van der Waals surface area contributed by atoms with Gasteiger partial charge in [-0.2, -0.15) is 0 Å². The number of hydrogen-bond donors (Lipinski definition) is 0. The molecular formula is C14H14BrNO2. The predicted molar refractivity (Wildman–Crippen MR) is 74.1 cm³/mol. The van der Waals surface area contributed by atoms with Crippen molar-refractivity contribution in [3.05, 3.63) is 52.6 Å². The maximum absolute atomic E-state index is 5.53. The van der Waals surface area contributed by atoms with Crippen LogP contribution < -0.4 is 9.47 Å². The Kier molecular flexibility index (Phi) is 4.59. The van der Waals surface area contributed by atoms with Crippen LogP contribution in [-0.2, 0) is 0 Å². The van der Waals surface area contributed by atoms with Crippen molar-refractivity contribution in [2.24, 2.45) is 0 Å². The van der Waals surface area contributed by atoms with Crippen molar-refractivity contribution >= 4 is 15.9 Å². The molecule has 0 amide bonds. The van der Waals surface area contributed by atoms with Gasteiger partial charge in [0.1, 0.15) is 19.0 Å². The first-order chi connectivity index (χ1) is 8.75. The number of benzene rings is 1. The van der Waals surface area contributed by atoms with Gasteiger partial charge in [-0.15, -0.1) is 0 Å². The highest BCUT2D eigenvalue weighted by Crippen LogP contribution is 2.22. The molecule has 0 unspecified atom stereocenters. The summed E-state index contributed by atoms with van der Waals surface area (Å²) in [5.74, 6) is 1.44. The molecule has 0 aliphatic heterocycles. The molecule has 0 saturated heterocycles. The molecule has 1 aromatic carbocycles. The first kappa shape index (κ1) is 12.9. The minimum absolute atomic E-state index is 0.462. The van der Waals surface area contributed by atoms with Gasteiger partial charge in [-0.25, -0.2) is 4.98 Å². The maximum Gasteiger partial charge on any atom is 0.228 e. The van der Waals surface area contributed by atoms with Gasteiger partial charge in [-0.1, -0.05) is 18.2 Å². The quantitative estimate of drug-likeness (QED) is 0.791. The third-order valence-corrected chi connectivity index (χ3v) is 2.85. The van der Waals surface area contributed by atoms with Crippen LogP contribution in [0, 0.1) is 6.92 Å². The zero-order valence-corrected chi connectivity index (χ0v) is 11.7. The number of pyridine rings is 1. The fraction of sp³-hybridized carbons (Fsp3) is 0.214. The van der Waals surface area contributed by atoms with Gasteiger partial charge < -0.3 is 9.47 Å². The zero-order valence-electron chi connectivity index (χ0n) is 10.1. The standard InChI is InChI=1S/C14H14BrNO2/c1-11-9-13(15)14(16-10-11)18-8-7-17-12-5-3-2-4-6-12/h2-6,9-10H,7-8H2,1H3. The highest BCUT2D eigenvalue weighted by atomic mass is 79.9. The van der Waals surface area contributed by atoms with Gasteiger partial charge in [0, 0.05) is 6.20 Å². The first-order valence-electron chi connectivity index (χ1n) is 5.68. The van der Waals surface area contributed by atoms with Gasteiger partial charge in [0.25, 0.3) is 0 Å². The number of aryl methyl sites for hydroxylation is 1. The van der Waals surface area contributed by atoms with Gasteiger partial charge in [-0.05, 0) is 46.6 Å². The van der Waals surface area contributed by atoms with E-state index in [0.29, 0.717) is 19.1 Å². The van der Waals surface area contributed by atoms with Crippen LogP contribution in [0.5, 0.6) is 11.6 Å². The second kappa shape index (κ2) is 6.40. The van der Waals surface area contributed by atoms with Crippen molar-refractivity contribution in [3.8, 4) is 11.6 Å². The summed E-state index contributed by atoms with van der Waals surface area (Å²) in [6.07, 6.45) is 1.78. The molecule has 18 heavy (non-hydrogen) atoms. The van der Waals surface area contributed by atoms with Crippen LogP contribution in [0.3, 0.4) is 0 Å². The molecule has 2 aromatic rings. The van der Waals surface area contributed by atoms with E-state index in [1.165, 1.54) is 0 Å². The van der Waals surface area contributed by atoms with E-state index in [9.17, 15) is 0 Å². The van der Waals surface area contributed by atoms with E-state index in [2.05, 4.69) is 20.9 Å². The summed E-state index contributed by atoms with van der Waals surface area (Å²) in [7, 11) is 0. The van der Waals surface area contributed by atoms with E-state index in [4.69, 9.17) is 9.47 Å². The molecule has 0 saturated carbocycles. The lowest BCUT2D eigenvalue weighted by molar-refractivity contribution is 0.211. The van der Waals surface area contributed by atoms with Gasteiger partial charge >= 0.3 is 0 Å². The molecule has 2 rings (SSSR count). The molecule has 4 heteroatoms. The molecule has 0 spiro atoms. The lowest BCUT2D eigenvalue weighted by Crippen LogP contribution is -2.10. The number of rotatable bonds is 5. The third-order valence-electron chi connectivity index (χ3n) is 2.28. The van der Waals surface area contributed by atoms with Crippen LogP contribution in [0.15, 0.2) is 47.1 Å². The van der Waals surface area contributed by atoms with E-state index in [0.717, 1.165) is 15.8 Å². The summed E-state index contributed by atoms with van der Waals surface area (Å²) >= 11 is 3.42. The van der Waals surface area contributed by atoms with Gasteiger partial charge in [0.05, 0.1) is 4.47 Å². The van der Waals surface area contributed by atoms with Crippen LogP contribution in [-0.4, -0.2) is 18.2 Å². The monoisotopic (exact) mass is 307 g/mol. The molecule has 0 aliphatic rings. The highest BCUT2D eigenvalue weighted by Gasteiger charge is 2.02. The Morgan fingerprint density at radius 2 is 1.83 bits per heavy atom. The summed E-state index contributed by atoms with van der Waals surface area (Å²) in [5.41, 5.74) is 1.09. The van der Waals surface area contributed by atoms with E-state index < -0.39 is 0 Å². The summed E-state index contributed by atoms with van der Waals surface area (Å²) in [4.78, 5) is 4.20. The van der Waals surface area contributed by atoms with Crippen LogP contribution in [0.25, 0.3) is 0 Å². The summed E-state index contributed by atoms with van der Waals surface area (Å²) in [6, 6.07) is 11.6. The number of para-hydroxylation sites is 1. The van der Waals surface area contributed by atoms with Gasteiger partial charge in [-0.3, -0.25) is 0 Å². The Balaban J connectivity index is 1.79. The molecule has 0 aliphatic carbocycles. The first-order valence-corrected chi connectivity index (χ1v) is 6.48.